The van der Waals surface area contributed by atoms with Gasteiger partial charge >= 0.3 is 6.18 Å². The number of ether oxygens (including phenoxy) is 2. The van der Waals surface area contributed by atoms with E-state index in [1.165, 1.54) is 20.3 Å². The van der Waals surface area contributed by atoms with Crippen LogP contribution in [0.2, 0.25) is 0 Å². The Morgan fingerprint density at radius 1 is 1.12 bits per heavy atom. The fourth-order valence-corrected chi connectivity index (χ4v) is 4.71. The molecule has 0 unspecified atom stereocenters. The summed E-state index contributed by atoms with van der Waals surface area (Å²) in [6, 6.07) is 3.82. The minimum Gasteiger partial charge on any atom is -0.493 e. The quantitative estimate of drug-likeness (QED) is 0.568. The summed E-state index contributed by atoms with van der Waals surface area (Å²) in [5.41, 5.74) is -0.0541. The lowest BCUT2D eigenvalue weighted by Gasteiger charge is -2.33. The van der Waals surface area contributed by atoms with Crippen LogP contribution in [0.5, 0.6) is 11.5 Å². The van der Waals surface area contributed by atoms with Gasteiger partial charge in [0.25, 0.3) is 5.91 Å². The molecule has 0 saturated heterocycles. The highest BCUT2D eigenvalue weighted by atomic mass is 19.4. The average Bonchev–Trinajstić information content (AvgIpc) is 3.13. The number of hydrogen-bond donors (Lipinski definition) is 2. The summed E-state index contributed by atoms with van der Waals surface area (Å²) in [6.45, 7) is 9.94. The van der Waals surface area contributed by atoms with Crippen molar-refractivity contribution in [2.75, 3.05) is 19.5 Å². The maximum atomic E-state index is 14.0. The van der Waals surface area contributed by atoms with Crippen molar-refractivity contribution < 1.29 is 27.4 Å². The van der Waals surface area contributed by atoms with Gasteiger partial charge in [-0.25, -0.2) is 4.68 Å². The first-order valence-corrected chi connectivity index (χ1v) is 11.1. The van der Waals surface area contributed by atoms with E-state index in [-0.39, 0.29) is 23.3 Å². The van der Waals surface area contributed by atoms with Crippen molar-refractivity contribution in [3.63, 3.8) is 0 Å². The van der Waals surface area contributed by atoms with Crippen LogP contribution in [-0.4, -0.2) is 41.6 Å². The van der Waals surface area contributed by atoms with E-state index in [0.29, 0.717) is 23.5 Å². The van der Waals surface area contributed by atoms with Gasteiger partial charge in [0.15, 0.2) is 23.2 Å². The molecule has 2 aromatic rings. The Balaban J connectivity index is 1.92. The Morgan fingerprint density at radius 2 is 1.76 bits per heavy atom. The van der Waals surface area contributed by atoms with Crippen LogP contribution in [0.1, 0.15) is 75.6 Å². The first kappa shape index (κ1) is 25.7. The van der Waals surface area contributed by atoms with Crippen molar-refractivity contribution in [3.8, 4) is 11.5 Å². The number of amides is 1. The molecule has 0 aliphatic carbocycles. The molecule has 0 radical (unpaired) electrons. The molecule has 188 valence electrons. The number of halogens is 3. The van der Waals surface area contributed by atoms with Crippen molar-refractivity contribution in [1.29, 1.82) is 0 Å². The van der Waals surface area contributed by atoms with Gasteiger partial charge in [-0.15, -0.1) is 0 Å². The zero-order valence-electron chi connectivity index (χ0n) is 20.6. The van der Waals surface area contributed by atoms with Crippen LogP contribution < -0.4 is 20.1 Å². The first-order valence-electron chi connectivity index (χ1n) is 11.1. The second kappa shape index (κ2) is 9.03. The summed E-state index contributed by atoms with van der Waals surface area (Å²) in [5, 5.41) is 10.1. The summed E-state index contributed by atoms with van der Waals surface area (Å²) < 4.78 is 53.4. The van der Waals surface area contributed by atoms with Crippen LogP contribution in [0.15, 0.2) is 24.3 Å². The highest BCUT2D eigenvalue weighted by Gasteiger charge is 2.47. The monoisotopic (exact) mass is 482 g/mol. The normalized spacial score (nSPS) is 18.6. The van der Waals surface area contributed by atoms with Crippen molar-refractivity contribution in [3.05, 3.63) is 35.5 Å². The number of aromatic nitrogens is 2. The Hall–Kier alpha value is -2.91. The molecule has 1 aliphatic rings. The highest BCUT2D eigenvalue weighted by Crippen LogP contribution is 2.44. The number of anilines is 1. The van der Waals surface area contributed by atoms with Crippen LogP contribution in [0.4, 0.5) is 19.0 Å². The van der Waals surface area contributed by atoms with Gasteiger partial charge in [-0.05, 0) is 43.4 Å². The van der Waals surface area contributed by atoms with Crippen LogP contribution in [-0.2, 0) is 0 Å². The fraction of sp³-hybridized carbons (Fsp3) is 0.583. The van der Waals surface area contributed by atoms with Crippen LogP contribution in [0.25, 0.3) is 0 Å². The molecule has 34 heavy (non-hydrogen) atoms. The molecule has 1 aliphatic heterocycles. The van der Waals surface area contributed by atoms with Gasteiger partial charge in [0, 0.05) is 18.0 Å². The molecule has 0 saturated carbocycles. The number of nitrogens with one attached hydrogen (secondary N) is 2. The SMILES string of the molecule is COc1ccc([C@H]2C[C@H](C(F)(F)F)n3nc(C(=O)NC(C)(C)CC(C)(C)C)cc3N2)cc1OC. The largest absolute Gasteiger partial charge is 0.493 e. The smallest absolute Gasteiger partial charge is 0.410 e. The van der Waals surface area contributed by atoms with Gasteiger partial charge in [0.2, 0.25) is 0 Å². The molecule has 0 fully saturated rings. The molecular formula is C24H33F3N4O3. The third kappa shape index (κ3) is 5.77. The molecule has 10 heteroatoms. The first-order chi connectivity index (χ1) is 15.6. The number of hydrogen-bond acceptors (Lipinski definition) is 5. The Labute approximate surface area is 198 Å². The van der Waals surface area contributed by atoms with Crippen molar-refractivity contribution in [2.45, 2.75) is 71.3 Å². The van der Waals surface area contributed by atoms with E-state index in [1.54, 1.807) is 18.2 Å². The van der Waals surface area contributed by atoms with E-state index in [1.807, 2.05) is 13.8 Å². The third-order valence-electron chi connectivity index (χ3n) is 5.66. The summed E-state index contributed by atoms with van der Waals surface area (Å²) >= 11 is 0. The zero-order chi connectivity index (χ0) is 25.5. The lowest BCUT2D eigenvalue weighted by atomic mass is 9.82. The number of rotatable bonds is 6. The van der Waals surface area contributed by atoms with Gasteiger partial charge in [-0.3, -0.25) is 4.79 Å². The van der Waals surface area contributed by atoms with E-state index >= 15 is 0 Å². The molecule has 1 amide bonds. The number of nitrogens with zero attached hydrogens (tertiary/aromatic N) is 2. The molecule has 0 bridgehead atoms. The molecule has 2 N–H and O–H groups in total. The highest BCUT2D eigenvalue weighted by molar-refractivity contribution is 5.93. The minimum atomic E-state index is -4.54. The second-order valence-electron chi connectivity index (χ2n) is 10.5. The molecular weight excluding hydrogens is 449 g/mol. The lowest BCUT2D eigenvalue weighted by Crippen LogP contribution is -2.46. The van der Waals surface area contributed by atoms with Gasteiger partial charge in [0.05, 0.1) is 20.3 Å². The van der Waals surface area contributed by atoms with Crippen molar-refractivity contribution in [1.82, 2.24) is 15.1 Å². The summed E-state index contributed by atoms with van der Waals surface area (Å²) in [7, 11) is 2.96. The van der Waals surface area contributed by atoms with Gasteiger partial charge in [-0.2, -0.15) is 18.3 Å². The number of carbonyl (C=O) groups excluding carboxylic acids is 1. The minimum absolute atomic E-state index is 0.0419. The molecule has 2 atom stereocenters. The Kier molecular flexibility index (Phi) is 6.83. The number of alkyl halides is 3. The van der Waals surface area contributed by atoms with Gasteiger partial charge in [0.1, 0.15) is 5.82 Å². The van der Waals surface area contributed by atoms with E-state index in [0.717, 1.165) is 4.68 Å². The maximum absolute atomic E-state index is 14.0. The molecule has 1 aromatic heterocycles. The summed E-state index contributed by atoms with van der Waals surface area (Å²) in [4.78, 5) is 12.9. The Bertz CT molecular complexity index is 1040. The molecule has 1 aromatic carbocycles. The van der Waals surface area contributed by atoms with Gasteiger partial charge < -0.3 is 20.1 Å². The van der Waals surface area contributed by atoms with Crippen molar-refractivity contribution >= 4 is 11.7 Å². The topological polar surface area (TPSA) is 77.4 Å². The summed E-state index contributed by atoms with van der Waals surface area (Å²) in [5.74, 6) is 0.524. The van der Waals surface area contributed by atoms with E-state index < -0.39 is 29.7 Å². The van der Waals surface area contributed by atoms with Crippen molar-refractivity contribution in [2.24, 2.45) is 5.41 Å². The molecule has 7 nitrogen and oxygen atoms in total. The second-order valence-corrected chi connectivity index (χ2v) is 10.5. The van der Waals surface area contributed by atoms with Crippen LogP contribution in [0, 0.1) is 5.41 Å². The van der Waals surface area contributed by atoms with Crippen LogP contribution in [0.3, 0.4) is 0 Å². The number of carbonyl (C=O) groups is 1. The lowest BCUT2D eigenvalue weighted by molar-refractivity contribution is -0.173. The van der Waals surface area contributed by atoms with Gasteiger partial charge in [-0.1, -0.05) is 26.8 Å². The standard InChI is InChI=1S/C24H33F3N4O3/c1-22(2,3)13-23(4,5)29-21(32)16-12-20-28-15(11-19(24(25,26)27)31(20)30-16)14-8-9-17(33-6)18(10-14)34-7/h8-10,12,15,19,28H,11,13H2,1-7H3,(H,29,32)/t15-,19-/m1/s1. The van der Waals surface area contributed by atoms with E-state index in [4.69, 9.17) is 9.47 Å². The fourth-order valence-electron chi connectivity index (χ4n) is 4.71. The maximum Gasteiger partial charge on any atom is 0.410 e. The third-order valence-corrected chi connectivity index (χ3v) is 5.66. The summed E-state index contributed by atoms with van der Waals surface area (Å²) in [6.07, 6.45) is -4.15. The number of fused-ring (bicyclic) bond motifs is 1. The zero-order valence-corrected chi connectivity index (χ0v) is 20.6. The average molecular weight is 483 g/mol. The predicted molar refractivity (Wildman–Crippen MR) is 123 cm³/mol. The number of methoxy groups -OCH3 is 2. The van der Waals surface area contributed by atoms with E-state index in [9.17, 15) is 18.0 Å². The molecule has 2 heterocycles. The number of benzene rings is 1. The molecule has 0 spiro atoms. The van der Waals surface area contributed by atoms with Crippen LogP contribution >= 0.6 is 0 Å². The van der Waals surface area contributed by atoms with E-state index in [2.05, 4.69) is 36.5 Å². The predicted octanol–water partition coefficient (Wildman–Crippen LogP) is 5.51. The molecule has 3 rings (SSSR count). The Morgan fingerprint density at radius 3 is 2.32 bits per heavy atom.